The van der Waals surface area contributed by atoms with Gasteiger partial charge in [0, 0.05) is 5.02 Å². The van der Waals surface area contributed by atoms with Crippen LogP contribution < -0.4 is 10.4 Å². The van der Waals surface area contributed by atoms with E-state index in [4.69, 9.17) is 46.4 Å². The second kappa shape index (κ2) is 17.8. The van der Waals surface area contributed by atoms with Gasteiger partial charge < -0.3 is 0 Å². The molecule has 258 valence electrons. The van der Waals surface area contributed by atoms with Crippen molar-refractivity contribution in [2.75, 3.05) is 10.8 Å². The summed E-state index contributed by atoms with van der Waals surface area (Å²) in [5.74, 6) is -0.403. The van der Waals surface area contributed by atoms with E-state index in [-0.39, 0.29) is 42.9 Å². The Kier molecular flexibility index (Phi) is 14.1. The van der Waals surface area contributed by atoms with Crippen molar-refractivity contribution in [3.05, 3.63) is 79.7 Å². The van der Waals surface area contributed by atoms with E-state index >= 15 is 0 Å². The number of azo groups is 1. The van der Waals surface area contributed by atoms with Gasteiger partial charge in [-0.15, -0.1) is 0 Å². The summed E-state index contributed by atoms with van der Waals surface area (Å²) < 4.78 is 26.2. The molecule has 0 aromatic heterocycles. The van der Waals surface area contributed by atoms with Crippen LogP contribution >= 0.6 is 46.4 Å². The zero-order valence-corrected chi connectivity index (χ0v) is 31.2. The van der Waals surface area contributed by atoms with E-state index in [1.54, 1.807) is 6.07 Å². The maximum Gasteiger partial charge on any atom is 0.280 e. The Morgan fingerprint density at radius 1 is 0.771 bits per heavy atom. The van der Waals surface area contributed by atoms with E-state index in [9.17, 15) is 13.2 Å². The van der Waals surface area contributed by atoms with E-state index in [2.05, 4.69) is 27.6 Å². The van der Waals surface area contributed by atoms with Crippen LogP contribution in [0.3, 0.4) is 0 Å². The van der Waals surface area contributed by atoms with Gasteiger partial charge in [-0.2, -0.15) is 10.2 Å². The van der Waals surface area contributed by atoms with Gasteiger partial charge in [0.2, 0.25) is 6.04 Å². The number of aliphatic imine (C=N–C) groups is 1. The number of halogens is 4. The van der Waals surface area contributed by atoms with Crippen LogP contribution in [0, 0.1) is 13.8 Å². The molecule has 0 radical (unpaired) electrons. The summed E-state index contributed by atoms with van der Waals surface area (Å²) in [6, 6.07) is 11.7. The van der Waals surface area contributed by atoms with Crippen LogP contribution in [0.15, 0.2) is 68.6 Å². The molecule has 0 aliphatic carbocycles. The van der Waals surface area contributed by atoms with Crippen LogP contribution in [-0.2, 0) is 14.6 Å². The summed E-state index contributed by atoms with van der Waals surface area (Å²) >= 11 is 25.6. The summed E-state index contributed by atoms with van der Waals surface area (Å²) in [7, 11) is -3.54. The molecular weight excluding hydrogens is 712 g/mol. The highest BCUT2D eigenvalue weighted by molar-refractivity contribution is 7.91. The normalized spacial score (nSPS) is 16.0. The summed E-state index contributed by atoms with van der Waals surface area (Å²) in [5.41, 5.74) is 6.02. The van der Waals surface area contributed by atoms with Gasteiger partial charge >= 0.3 is 0 Å². The molecule has 1 aliphatic rings. The van der Waals surface area contributed by atoms with Crippen LogP contribution in [0.1, 0.15) is 82.3 Å². The average Bonchev–Trinajstić information content (AvgIpc) is 3.32. The second-order valence-electron chi connectivity index (χ2n) is 12.0. The Morgan fingerprint density at radius 2 is 1.40 bits per heavy atom. The number of hydrazine groups is 1. The van der Waals surface area contributed by atoms with Gasteiger partial charge in [0.05, 0.1) is 37.1 Å². The van der Waals surface area contributed by atoms with Gasteiger partial charge in [-0.25, -0.2) is 18.4 Å². The van der Waals surface area contributed by atoms with Gasteiger partial charge in [-0.3, -0.25) is 10.2 Å². The number of rotatable bonds is 16. The lowest BCUT2D eigenvalue weighted by atomic mass is 10.1. The number of anilines is 1. The Hall–Kier alpha value is -2.69. The van der Waals surface area contributed by atoms with Crippen LogP contribution in [0.5, 0.6) is 0 Å². The molecule has 1 heterocycles. The molecule has 13 heteroatoms. The van der Waals surface area contributed by atoms with Crippen molar-refractivity contribution in [1.82, 2.24) is 5.43 Å². The summed E-state index contributed by atoms with van der Waals surface area (Å²) in [6.45, 7) is 6.16. The van der Waals surface area contributed by atoms with E-state index in [0.717, 1.165) is 35.4 Å². The fourth-order valence-electron chi connectivity index (χ4n) is 5.29. The molecule has 1 atom stereocenters. The quantitative estimate of drug-likeness (QED) is 0.116. The third kappa shape index (κ3) is 10.2. The number of benzene rings is 3. The van der Waals surface area contributed by atoms with Crippen LogP contribution in [-0.4, -0.2) is 32.0 Å². The summed E-state index contributed by atoms with van der Waals surface area (Å²) in [5, 5.41) is 10.5. The molecule has 0 bridgehead atoms. The number of sulfone groups is 1. The molecule has 1 amide bonds. The van der Waals surface area contributed by atoms with E-state index in [1.807, 2.05) is 26.0 Å². The van der Waals surface area contributed by atoms with Crippen LogP contribution in [0.25, 0.3) is 0 Å². The third-order valence-corrected chi connectivity index (χ3v) is 11.1. The predicted molar refractivity (Wildman–Crippen MR) is 199 cm³/mol. The van der Waals surface area contributed by atoms with Crippen LogP contribution in [0.2, 0.25) is 20.1 Å². The summed E-state index contributed by atoms with van der Waals surface area (Å²) in [4.78, 5) is 18.4. The zero-order chi connectivity index (χ0) is 34.8. The number of aryl methyl sites for hydroxylation is 2. The average molecular weight is 754 g/mol. The predicted octanol–water partition coefficient (Wildman–Crippen LogP) is 11.3. The van der Waals surface area contributed by atoms with Crippen molar-refractivity contribution in [2.24, 2.45) is 15.2 Å². The van der Waals surface area contributed by atoms with Crippen molar-refractivity contribution in [3.63, 3.8) is 0 Å². The molecule has 1 N–H and O–H groups in total. The fraction of sp³-hybridized carbons (Fsp3) is 0.429. The molecule has 8 nitrogen and oxygen atoms in total. The number of amidine groups is 1. The lowest BCUT2D eigenvalue weighted by Crippen LogP contribution is -2.36. The smallest absolute Gasteiger partial charge is 0.276 e. The number of carbonyl (C=O) groups is 1. The highest BCUT2D eigenvalue weighted by atomic mass is 35.5. The molecule has 48 heavy (non-hydrogen) atoms. The largest absolute Gasteiger partial charge is 0.280 e. The van der Waals surface area contributed by atoms with Crippen LogP contribution in [0.4, 0.5) is 17.1 Å². The van der Waals surface area contributed by atoms with E-state index < -0.39 is 21.8 Å². The number of amides is 1. The molecule has 1 saturated heterocycles. The highest BCUT2D eigenvalue weighted by Gasteiger charge is 2.41. The van der Waals surface area contributed by atoms with Crippen molar-refractivity contribution >= 4 is 85.0 Å². The maximum atomic E-state index is 13.7. The van der Waals surface area contributed by atoms with Gasteiger partial charge in [0.25, 0.3) is 5.91 Å². The number of hydrogen-bond acceptors (Lipinski definition) is 6. The first-order valence-electron chi connectivity index (χ1n) is 16.3. The van der Waals surface area contributed by atoms with Crippen molar-refractivity contribution < 1.29 is 13.2 Å². The van der Waals surface area contributed by atoms with Gasteiger partial charge in [-0.05, 0) is 73.9 Å². The van der Waals surface area contributed by atoms with Crippen molar-refractivity contribution in [3.8, 4) is 0 Å². The van der Waals surface area contributed by atoms with Gasteiger partial charge in [0.1, 0.15) is 5.69 Å². The van der Waals surface area contributed by atoms with E-state index in [0.29, 0.717) is 17.1 Å². The molecule has 1 aliphatic heterocycles. The standard InChI is InChI=1S/C35H41Cl4N5O3S/c1-4-5-6-7-8-9-10-11-12-13-18-48(46,47)27-16-17-31(28(37)22-27)40-34-32(42-41-26-15-14-23(2)24(3)19-26)35(45)44(43-34)33-29(38)20-25(36)21-30(33)39/h14-17,19-22,32H,4-13,18H2,1-3H3,(H,40,43). The molecule has 1 unspecified atom stereocenters. The number of hydrogen-bond donors (Lipinski definition) is 1. The Labute approximate surface area is 303 Å². The lowest BCUT2D eigenvalue weighted by Gasteiger charge is -2.19. The van der Waals surface area contributed by atoms with E-state index in [1.165, 1.54) is 68.9 Å². The fourth-order valence-corrected chi connectivity index (χ4v) is 7.95. The Balaban J connectivity index is 1.51. The Morgan fingerprint density at radius 3 is 2.00 bits per heavy atom. The molecule has 0 saturated carbocycles. The molecule has 3 aromatic carbocycles. The number of unbranched alkanes of at least 4 members (excludes halogenated alkanes) is 9. The molecule has 0 spiro atoms. The second-order valence-corrected chi connectivity index (χ2v) is 15.8. The molecule has 3 aromatic rings. The van der Waals surface area contributed by atoms with Gasteiger partial charge in [-0.1, -0.05) is 117 Å². The van der Waals surface area contributed by atoms with Gasteiger partial charge in [0.15, 0.2) is 15.7 Å². The minimum Gasteiger partial charge on any atom is -0.276 e. The first-order chi connectivity index (χ1) is 22.9. The summed E-state index contributed by atoms with van der Waals surface area (Å²) in [6.07, 6.45) is 11.2. The Bertz CT molecular complexity index is 1760. The molecule has 1 fully saturated rings. The van der Waals surface area contributed by atoms with Crippen molar-refractivity contribution in [1.29, 1.82) is 0 Å². The number of nitrogens with zero attached hydrogens (tertiary/aromatic N) is 4. The number of carbonyl (C=O) groups excluding carboxylic acids is 1. The highest BCUT2D eigenvalue weighted by Crippen LogP contribution is 2.38. The monoisotopic (exact) mass is 751 g/mol. The lowest BCUT2D eigenvalue weighted by molar-refractivity contribution is -0.117. The third-order valence-electron chi connectivity index (χ3n) is 8.21. The molecule has 4 rings (SSSR count). The zero-order valence-electron chi connectivity index (χ0n) is 27.4. The number of nitrogens with one attached hydrogen (secondary N) is 1. The minimum absolute atomic E-state index is 0.0439. The topological polar surface area (TPSA) is 104 Å². The first kappa shape index (κ1) is 38.1. The molecular formula is C35H41Cl4N5O3S. The van der Waals surface area contributed by atoms with Crippen molar-refractivity contribution in [2.45, 2.75) is 95.9 Å². The first-order valence-corrected chi connectivity index (χ1v) is 19.4. The maximum absolute atomic E-state index is 13.7. The minimum atomic E-state index is -3.54. The SMILES string of the molecule is CCCCCCCCCCCCS(=O)(=O)c1ccc(N=C2NN(c3c(Cl)cc(Cl)cc3Cl)C(=O)C2N=Nc2ccc(C)c(C)c2)c(Cl)c1.